The van der Waals surface area contributed by atoms with Crippen molar-refractivity contribution in [2.45, 2.75) is 0 Å². The summed E-state index contributed by atoms with van der Waals surface area (Å²) in [7, 11) is 1.16. The quantitative estimate of drug-likeness (QED) is 0.399. The van der Waals surface area contributed by atoms with Crippen LogP contribution in [-0.2, 0) is 9.53 Å². The number of aliphatic hydroxyl groups is 1. The fourth-order valence-corrected chi connectivity index (χ4v) is 0.195. The molecule has 0 spiro atoms. The molecule has 0 heterocycles. The van der Waals surface area contributed by atoms with Gasteiger partial charge >= 0.3 is 5.97 Å². The number of hydrogen-bond donors (Lipinski definition) is 2. The number of ether oxygens (including phenoxy) is 1. The van der Waals surface area contributed by atoms with Crippen molar-refractivity contribution in [2.75, 3.05) is 7.11 Å². The highest BCUT2D eigenvalue weighted by Crippen LogP contribution is 1.90. The van der Waals surface area contributed by atoms with Gasteiger partial charge in [-0.05, 0) is 0 Å². The first kappa shape index (κ1) is 6.81. The molecule has 0 aliphatic rings. The monoisotopic (exact) mass is 118 g/mol. The largest absolute Gasteiger partial charge is 0.511 e. The molecule has 0 radical (unpaired) electrons. The second kappa shape index (κ2) is 2.90. The lowest BCUT2D eigenvalue weighted by Gasteiger charge is -1.93. The van der Waals surface area contributed by atoms with E-state index in [-0.39, 0.29) is 0 Å². The third kappa shape index (κ3) is 1.51. The molecular formula is C4H6O4. The summed E-state index contributed by atoms with van der Waals surface area (Å²) in [5.74, 6) is -1.75. The minimum absolute atomic E-state index is 0.391. The molecule has 4 nitrogen and oxygen atoms in total. The summed E-state index contributed by atoms with van der Waals surface area (Å²) in [5, 5.41) is 16.0. The van der Waals surface area contributed by atoms with E-state index >= 15 is 0 Å². The Bertz CT molecular complexity index is 115. The van der Waals surface area contributed by atoms with Crippen LogP contribution in [0.25, 0.3) is 0 Å². The fraction of sp³-hybridized carbons (Fsp3) is 0.250. The Labute approximate surface area is 46.0 Å². The van der Waals surface area contributed by atoms with Crippen LogP contribution < -0.4 is 0 Å². The summed E-state index contributed by atoms with van der Waals surface area (Å²) >= 11 is 0. The topological polar surface area (TPSA) is 66.8 Å². The first-order chi connectivity index (χ1) is 3.72. The molecule has 0 amide bonds. The number of carboxylic acids is 1. The Morgan fingerprint density at radius 1 is 1.75 bits per heavy atom. The average molecular weight is 118 g/mol. The molecule has 0 aromatic rings. The standard InChI is InChI=1S/C4H6O4/c1-8-3(2-5)4(6)7/h2,5H,1H3,(H,6,7)/b3-2-. The summed E-state index contributed by atoms with van der Waals surface area (Å²) in [6, 6.07) is 0. The Hall–Kier alpha value is -1.19. The number of aliphatic hydroxyl groups excluding tert-OH is 1. The van der Waals surface area contributed by atoms with Crippen LogP contribution >= 0.6 is 0 Å². The first-order valence-corrected chi connectivity index (χ1v) is 1.84. The molecule has 0 unspecified atom stereocenters. The minimum atomic E-state index is -1.28. The van der Waals surface area contributed by atoms with E-state index in [1.165, 1.54) is 0 Å². The van der Waals surface area contributed by atoms with Gasteiger partial charge in [0, 0.05) is 0 Å². The molecule has 0 saturated heterocycles. The van der Waals surface area contributed by atoms with Crippen LogP contribution in [-0.4, -0.2) is 23.3 Å². The number of aliphatic carboxylic acids is 1. The molecule has 2 N–H and O–H groups in total. The van der Waals surface area contributed by atoms with E-state index in [9.17, 15) is 4.79 Å². The van der Waals surface area contributed by atoms with E-state index in [0.717, 1.165) is 7.11 Å². The molecule has 0 bridgehead atoms. The van der Waals surface area contributed by atoms with Gasteiger partial charge in [0.2, 0.25) is 5.76 Å². The third-order valence-corrected chi connectivity index (χ3v) is 0.548. The molecule has 4 heteroatoms. The number of carboxylic acid groups (broad SMARTS) is 1. The molecule has 0 aromatic heterocycles. The van der Waals surface area contributed by atoms with E-state index in [2.05, 4.69) is 4.74 Å². The molecular weight excluding hydrogens is 112 g/mol. The zero-order chi connectivity index (χ0) is 6.57. The molecule has 0 fully saturated rings. The van der Waals surface area contributed by atoms with Crippen LogP contribution in [0, 0.1) is 0 Å². The van der Waals surface area contributed by atoms with Crippen LogP contribution in [0.2, 0.25) is 0 Å². The Kier molecular flexibility index (Phi) is 2.47. The van der Waals surface area contributed by atoms with E-state index in [4.69, 9.17) is 10.2 Å². The summed E-state index contributed by atoms with van der Waals surface area (Å²) in [6.07, 6.45) is 0.391. The van der Waals surface area contributed by atoms with Crippen LogP contribution in [0.5, 0.6) is 0 Å². The predicted octanol–water partition coefficient (Wildman–Crippen LogP) is 0.117. The summed E-state index contributed by atoms with van der Waals surface area (Å²) in [5.41, 5.74) is 0. The molecule has 0 aromatic carbocycles. The maximum atomic E-state index is 9.81. The first-order valence-electron chi connectivity index (χ1n) is 1.84. The van der Waals surface area contributed by atoms with Gasteiger partial charge in [-0.3, -0.25) is 0 Å². The van der Waals surface area contributed by atoms with Crippen molar-refractivity contribution in [1.82, 2.24) is 0 Å². The Morgan fingerprint density at radius 3 is 2.25 bits per heavy atom. The summed E-state index contributed by atoms with van der Waals surface area (Å²) in [4.78, 5) is 9.81. The highest BCUT2D eigenvalue weighted by atomic mass is 16.5. The second-order valence-corrected chi connectivity index (χ2v) is 1.00. The normalized spacial score (nSPS) is 10.9. The Balaban J connectivity index is 3.92. The molecule has 0 aliphatic heterocycles. The van der Waals surface area contributed by atoms with Gasteiger partial charge in [0.25, 0.3) is 0 Å². The highest BCUT2D eigenvalue weighted by molar-refractivity contribution is 5.83. The van der Waals surface area contributed by atoms with Crippen molar-refractivity contribution in [1.29, 1.82) is 0 Å². The SMILES string of the molecule is CO/C(=C\O)C(=O)O. The number of carbonyl (C=O) groups is 1. The van der Waals surface area contributed by atoms with E-state index < -0.39 is 11.7 Å². The summed E-state index contributed by atoms with van der Waals surface area (Å²) in [6.45, 7) is 0. The maximum absolute atomic E-state index is 9.81. The van der Waals surface area contributed by atoms with Gasteiger partial charge in [0.15, 0.2) is 0 Å². The van der Waals surface area contributed by atoms with E-state index in [0.29, 0.717) is 6.26 Å². The van der Waals surface area contributed by atoms with Crippen LogP contribution in [0.1, 0.15) is 0 Å². The van der Waals surface area contributed by atoms with Crippen molar-refractivity contribution in [3.05, 3.63) is 12.0 Å². The molecule has 0 saturated carbocycles. The van der Waals surface area contributed by atoms with Crippen molar-refractivity contribution < 1.29 is 19.7 Å². The fourth-order valence-electron chi connectivity index (χ4n) is 0.195. The predicted molar refractivity (Wildman–Crippen MR) is 25.4 cm³/mol. The molecule has 46 valence electrons. The van der Waals surface area contributed by atoms with Crippen molar-refractivity contribution in [2.24, 2.45) is 0 Å². The van der Waals surface area contributed by atoms with E-state index in [1.54, 1.807) is 0 Å². The minimum Gasteiger partial charge on any atom is -0.511 e. The van der Waals surface area contributed by atoms with Gasteiger partial charge in [-0.1, -0.05) is 0 Å². The smallest absolute Gasteiger partial charge is 0.374 e. The zero-order valence-electron chi connectivity index (χ0n) is 4.29. The second-order valence-electron chi connectivity index (χ2n) is 1.00. The molecule has 8 heavy (non-hydrogen) atoms. The van der Waals surface area contributed by atoms with Crippen molar-refractivity contribution in [3.8, 4) is 0 Å². The van der Waals surface area contributed by atoms with Gasteiger partial charge in [0.1, 0.15) is 6.26 Å². The Morgan fingerprint density at radius 2 is 2.25 bits per heavy atom. The maximum Gasteiger partial charge on any atom is 0.374 e. The van der Waals surface area contributed by atoms with Gasteiger partial charge in [-0.25, -0.2) is 4.79 Å². The van der Waals surface area contributed by atoms with Crippen LogP contribution in [0.4, 0.5) is 0 Å². The summed E-state index contributed by atoms with van der Waals surface area (Å²) < 4.78 is 4.17. The van der Waals surface area contributed by atoms with Crippen LogP contribution in [0.3, 0.4) is 0 Å². The van der Waals surface area contributed by atoms with Gasteiger partial charge < -0.3 is 14.9 Å². The number of methoxy groups -OCH3 is 1. The third-order valence-electron chi connectivity index (χ3n) is 0.548. The molecule has 0 atom stereocenters. The lowest BCUT2D eigenvalue weighted by Crippen LogP contribution is -2.01. The highest BCUT2D eigenvalue weighted by Gasteiger charge is 2.03. The number of rotatable bonds is 2. The van der Waals surface area contributed by atoms with Crippen molar-refractivity contribution >= 4 is 5.97 Å². The van der Waals surface area contributed by atoms with E-state index in [1.807, 2.05) is 0 Å². The van der Waals surface area contributed by atoms with Crippen LogP contribution in [0.15, 0.2) is 12.0 Å². The van der Waals surface area contributed by atoms with Gasteiger partial charge in [-0.15, -0.1) is 0 Å². The molecule has 0 aliphatic carbocycles. The average Bonchev–Trinajstić information content (AvgIpc) is 1.69. The lowest BCUT2D eigenvalue weighted by molar-refractivity contribution is -0.136. The van der Waals surface area contributed by atoms with Gasteiger partial charge in [0.05, 0.1) is 7.11 Å². The number of hydrogen-bond acceptors (Lipinski definition) is 3. The van der Waals surface area contributed by atoms with Gasteiger partial charge in [-0.2, -0.15) is 0 Å². The van der Waals surface area contributed by atoms with Crippen molar-refractivity contribution in [3.63, 3.8) is 0 Å². The zero-order valence-corrected chi connectivity index (χ0v) is 4.29. The molecule has 0 rings (SSSR count). The lowest BCUT2D eigenvalue weighted by atomic mass is 10.6.